The standard InChI is InChI=1S/C32H42N2O4/c1-6-16-33-17-15-32(26-13-10-14-28(18-26)37-5)20-27(19-30(29(32)22-33)38-24(4)35)34(21-23(2)3)31(36)25-11-8-7-9-12-25/h6-14,18,23,27,29-30H,1,15-17,19-22H2,2-5H3/t27-,29+,30?,32+/m1/s1. The fourth-order valence-electron chi connectivity index (χ4n) is 6.63. The number of methoxy groups -OCH3 is 1. The Hall–Kier alpha value is -3.12. The van der Waals surface area contributed by atoms with Crippen LogP contribution in [0.2, 0.25) is 0 Å². The molecule has 0 radical (unpaired) electrons. The first-order chi connectivity index (χ1) is 18.3. The molecule has 1 unspecified atom stereocenters. The van der Waals surface area contributed by atoms with Crippen molar-refractivity contribution < 1.29 is 19.1 Å². The van der Waals surface area contributed by atoms with Gasteiger partial charge in [0.25, 0.3) is 5.91 Å². The van der Waals surface area contributed by atoms with E-state index in [2.05, 4.69) is 37.5 Å². The first-order valence-electron chi connectivity index (χ1n) is 13.8. The second kappa shape index (κ2) is 12.2. The van der Waals surface area contributed by atoms with Gasteiger partial charge in [-0.25, -0.2) is 0 Å². The van der Waals surface area contributed by atoms with Gasteiger partial charge in [0.2, 0.25) is 0 Å². The topological polar surface area (TPSA) is 59.1 Å². The Morgan fingerprint density at radius 2 is 1.95 bits per heavy atom. The molecule has 6 nitrogen and oxygen atoms in total. The van der Waals surface area contributed by atoms with Crippen molar-refractivity contribution in [1.29, 1.82) is 0 Å². The summed E-state index contributed by atoms with van der Waals surface area (Å²) in [5, 5.41) is 0. The van der Waals surface area contributed by atoms with Gasteiger partial charge in [-0.05, 0) is 55.1 Å². The summed E-state index contributed by atoms with van der Waals surface area (Å²) in [6, 6.07) is 17.8. The highest BCUT2D eigenvalue weighted by atomic mass is 16.5. The summed E-state index contributed by atoms with van der Waals surface area (Å²) in [6.45, 7) is 12.9. The van der Waals surface area contributed by atoms with Crippen LogP contribution in [0.5, 0.6) is 5.75 Å². The molecule has 0 N–H and O–H groups in total. The van der Waals surface area contributed by atoms with E-state index in [1.165, 1.54) is 12.5 Å². The van der Waals surface area contributed by atoms with E-state index in [1.807, 2.05) is 53.4 Å². The molecule has 2 fully saturated rings. The number of ether oxygens (including phenoxy) is 2. The maximum atomic E-state index is 13.9. The van der Waals surface area contributed by atoms with Gasteiger partial charge in [-0.2, -0.15) is 0 Å². The number of rotatable bonds is 9. The lowest BCUT2D eigenvalue weighted by Gasteiger charge is -2.56. The number of esters is 1. The first-order valence-corrected chi connectivity index (χ1v) is 13.8. The third-order valence-corrected chi connectivity index (χ3v) is 8.23. The number of amides is 1. The summed E-state index contributed by atoms with van der Waals surface area (Å²) >= 11 is 0. The van der Waals surface area contributed by atoms with Crippen LogP contribution in [0.3, 0.4) is 0 Å². The maximum absolute atomic E-state index is 13.9. The molecule has 4 rings (SSSR count). The second-order valence-corrected chi connectivity index (χ2v) is 11.3. The molecule has 1 saturated carbocycles. The van der Waals surface area contributed by atoms with Crippen LogP contribution in [0.15, 0.2) is 67.3 Å². The first kappa shape index (κ1) is 27.9. The Bertz CT molecular complexity index is 1120. The van der Waals surface area contributed by atoms with E-state index in [4.69, 9.17) is 9.47 Å². The highest BCUT2D eigenvalue weighted by Crippen LogP contribution is 2.51. The summed E-state index contributed by atoms with van der Waals surface area (Å²) in [6.07, 6.45) is 3.98. The van der Waals surface area contributed by atoms with Crippen molar-refractivity contribution in [3.8, 4) is 5.75 Å². The summed E-state index contributed by atoms with van der Waals surface area (Å²) in [5.74, 6) is 0.968. The van der Waals surface area contributed by atoms with E-state index in [9.17, 15) is 9.59 Å². The van der Waals surface area contributed by atoms with E-state index in [0.717, 1.165) is 38.2 Å². The average Bonchev–Trinajstić information content (AvgIpc) is 2.91. The van der Waals surface area contributed by atoms with Crippen molar-refractivity contribution in [2.24, 2.45) is 11.8 Å². The summed E-state index contributed by atoms with van der Waals surface area (Å²) in [7, 11) is 1.69. The molecular weight excluding hydrogens is 476 g/mol. The van der Waals surface area contributed by atoms with Gasteiger partial charge < -0.3 is 14.4 Å². The Balaban J connectivity index is 1.81. The predicted molar refractivity (Wildman–Crippen MR) is 150 cm³/mol. The molecular formula is C32H42N2O4. The molecule has 1 heterocycles. The summed E-state index contributed by atoms with van der Waals surface area (Å²) < 4.78 is 11.7. The maximum Gasteiger partial charge on any atom is 0.302 e. The van der Waals surface area contributed by atoms with E-state index >= 15 is 0 Å². The van der Waals surface area contributed by atoms with Gasteiger partial charge in [0.1, 0.15) is 11.9 Å². The number of nitrogens with zero attached hydrogens (tertiary/aromatic N) is 2. The minimum atomic E-state index is -0.302. The van der Waals surface area contributed by atoms with Crippen molar-refractivity contribution in [2.75, 3.05) is 33.3 Å². The average molecular weight is 519 g/mol. The molecule has 6 heteroatoms. The van der Waals surface area contributed by atoms with E-state index in [-0.39, 0.29) is 35.4 Å². The molecule has 0 bridgehead atoms. The molecule has 38 heavy (non-hydrogen) atoms. The van der Waals surface area contributed by atoms with Crippen LogP contribution in [-0.2, 0) is 14.9 Å². The van der Waals surface area contributed by atoms with Gasteiger partial charge in [-0.15, -0.1) is 6.58 Å². The van der Waals surface area contributed by atoms with E-state index < -0.39 is 0 Å². The van der Waals surface area contributed by atoms with Crippen LogP contribution in [0.1, 0.15) is 56.0 Å². The Labute approximate surface area is 227 Å². The number of piperidine rings is 1. The van der Waals surface area contributed by atoms with Crippen molar-refractivity contribution in [3.05, 3.63) is 78.4 Å². The predicted octanol–water partition coefficient (Wildman–Crippen LogP) is 5.33. The van der Waals surface area contributed by atoms with Crippen molar-refractivity contribution in [1.82, 2.24) is 9.80 Å². The van der Waals surface area contributed by atoms with Gasteiger partial charge in [-0.3, -0.25) is 14.5 Å². The van der Waals surface area contributed by atoms with Gasteiger partial charge >= 0.3 is 5.97 Å². The monoisotopic (exact) mass is 518 g/mol. The Morgan fingerprint density at radius 3 is 2.61 bits per heavy atom. The number of benzene rings is 2. The number of carbonyl (C=O) groups is 2. The van der Waals surface area contributed by atoms with Crippen LogP contribution in [0, 0.1) is 11.8 Å². The highest BCUT2D eigenvalue weighted by Gasteiger charge is 2.54. The third kappa shape index (κ3) is 5.96. The largest absolute Gasteiger partial charge is 0.497 e. The van der Waals surface area contributed by atoms with Gasteiger partial charge in [0.05, 0.1) is 7.11 Å². The zero-order chi connectivity index (χ0) is 27.3. The van der Waals surface area contributed by atoms with Crippen LogP contribution in [0.25, 0.3) is 0 Å². The molecule has 0 aromatic heterocycles. The summed E-state index contributed by atoms with van der Waals surface area (Å²) in [5.41, 5.74) is 1.62. The van der Waals surface area contributed by atoms with Crippen LogP contribution >= 0.6 is 0 Å². The highest BCUT2D eigenvalue weighted by molar-refractivity contribution is 5.94. The van der Waals surface area contributed by atoms with Crippen LogP contribution in [-0.4, -0.2) is 67.1 Å². The van der Waals surface area contributed by atoms with Crippen molar-refractivity contribution in [3.63, 3.8) is 0 Å². The SMILES string of the molecule is C=CCN1CC[C@@]2(c3cccc(OC)c3)C[C@H](N(CC(C)C)C(=O)c3ccccc3)CC(OC(C)=O)[C@@H]2C1. The lowest BCUT2D eigenvalue weighted by Crippen LogP contribution is -2.62. The fourth-order valence-corrected chi connectivity index (χ4v) is 6.63. The Kier molecular flexibility index (Phi) is 8.93. The van der Waals surface area contributed by atoms with Gasteiger partial charge in [0.15, 0.2) is 0 Å². The number of hydrogen-bond acceptors (Lipinski definition) is 5. The lowest BCUT2D eigenvalue weighted by atomic mass is 9.56. The third-order valence-electron chi connectivity index (χ3n) is 8.23. The second-order valence-electron chi connectivity index (χ2n) is 11.3. The zero-order valence-electron chi connectivity index (χ0n) is 23.3. The van der Waals surface area contributed by atoms with Gasteiger partial charge in [0, 0.05) is 55.9 Å². The molecule has 1 aliphatic carbocycles. The molecule has 1 aliphatic heterocycles. The quantitative estimate of drug-likeness (QED) is 0.332. The minimum absolute atomic E-state index is 0.0363. The molecule has 2 aliphatic rings. The number of hydrogen-bond donors (Lipinski definition) is 0. The van der Waals surface area contributed by atoms with Crippen LogP contribution in [0.4, 0.5) is 0 Å². The van der Waals surface area contributed by atoms with E-state index in [1.54, 1.807) is 7.11 Å². The smallest absolute Gasteiger partial charge is 0.302 e. The van der Waals surface area contributed by atoms with E-state index in [0.29, 0.717) is 24.4 Å². The van der Waals surface area contributed by atoms with Crippen molar-refractivity contribution >= 4 is 11.9 Å². The number of likely N-dealkylation sites (tertiary alicyclic amines) is 1. The summed E-state index contributed by atoms with van der Waals surface area (Å²) in [4.78, 5) is 30.8. The zero-order valence-corrected chi connectivity index (χ0v) is 23.3. The molecule has 0 spiro atoms. The fraction of sp³-hybridized carbons (Fsp3) is 0.500. The number of fused-ring (bicyclic) bond motifs is 1. The van der Waals surface area contributed by atoms with Crippen LogP contribution < -0.4 is 4.74 Å². The number of carbonyl (C=O) groups excluding carboxylic acids is 2. The lowest BCUT2D eigenvalue weighted by molar-refractivity contribution is -0.158. The normalized spacial score (nSPS) is 25.3. The Morgan fingerprint density at radius 1 is 1.18 bits per heavy atom. The molecule has 4 atom stereocenters. The molecule has 2 aromatic carbocycles. The molecule has 204 valence electrons. The van der Waals surface area contributed by atoms with Crippen molar-refractivity contribution in [2.45, 2.75) is 57.6 Å². The molecule has 2 aromatic rings. The molecule has 1 amide bonds. The molecule has 1 saturated heterocycles. The van der Waals surface area contributed by atoms with Gasteiger partial charge in [-0.1, -0.05) is 50.3 Å². The minimum Gasteiger partial charge on any atom is -0.497 e.